The molecule has 0 aliphatic heterocycles. The van der Waals surface area contributed by atoms with E-state index in [2.05, 4.69) is 0 Å². The third-order valence-electron chi connectivity index (χ3n) is 4.31. The lowest BCUT2D eigenvalue weighted by molar-refractivity contribution is -0.117. The van der Waals surface area contributed by atoms with E-state index in [4.69, 9.17) is 4.98 Å². The van der Waals surface area contributed by atoms with Gasteiger partial charge in [-0.25, -0.2) is 4.98 Å². The van der Waals surface area contributed by atoms with Crippen molar-refractivity contribution in [3.63, 3.8) is 0 Å². The number of aryl methyl sites for hydroxylation is 2. The molecule has 0 saturated heterocycles. The van der Waals surface area contributed by atoms with Crippen LogP contribution < -0.4 is 5.56 Å². The van der Waals surface area contributed by atoms with Crippen LogP contribution in [0, 0.1) is 0 Å². The van der Waals surface area contributed by atoms with Gasteiger partial charge in [0, 0.05) is 23.8 Å². The highest BCUT2D eigenvalue weighted by molar-refractivity contribution is 7.18. The van der Waals surface area contributed by atoms with Gasteiger partial charge in [-0.15, -0.1) is 11.3 Å². The van der Waals surface area contributed by atoms with E-state index in [0.29, 0.717) is 13.0 Å². The van der Waals surface area contributed by atoms with Crippen molar-refractivity contribution in [2.24, 2.45) is 0 Å². The Labute approximate surface area is 134 Å². The molecule has 1 aliphatic carbocycles. The molecule has 0 bridgehead atoms. The van der Waals surface area contributed by atoms with Crippen molar-refractivity contribution >= 4 is 27.3 Å². The predicted molar refractivity (Wildman–Crippen MR) is 89.9 cm³/mol. The van der Waals surface area contributed by atoms with Crippen molar-refractivity contribution in [3.05, 3.63) is 26.6 Å². The monoisotopic (exact) mass is 318 g/mol. The Morgan fingerprint density at radius 2 is 2.05 bits per heavy atom. The fourth-order valence-corrected chi connectivity index (χ4v) is 4.44. The van der Waals surface area contributed by atoms with Crippen LogP contribution in [0.4, 0.5) is 0 Å². The summed E-state index contributed by atoms with van der Waals surface area (Å²) in [6.45, 7) is 6.10. The molecule has 22 heavy (non-hydrogen) atoms. The fraction of sp³-hybridized carbons (Fsp3) is 0.588. The van der Waals surface area contributed by atoms with Crippen LogP contribution in [-0.4, -0.2) is 15.3 Å². The minimum Gasteiger partial charge on any atom is -0.300 e. The topological polar surface area (TPSA) is 52.0 Å². The van der Waals surface area contributed by atoms with Crippen molar-refractivity contribution in [2.75, 3.05) is 0 Å². The lowest BCUT2D eigenvalue weighted by atomic mass is 9.97. The lowest BCUT2D eigenvalue weighted by Gasteiger charge is -2.15. The third kappa shape index (κ3) is 2.62. The van der Waals surface area contributed by atoms with Crippen LogP contribution in [0.2, 0.25) is 0 Å². The van der Waals surface area contributed by atoms with E-state index in [1.165, 1.54) is 16.9 Å². The van der Waals surface area contributed by atoms with E-state index >= 15 is 0 Å². The minimum absolute atomic E-state index is 0.0503. The summed E-state index contributed by atoms with van der Waals surface area (Å²) in [7, 11) is 0. The Morgan fingerprint density at radius 3 is 2.73 bits per heavy atom. The summed E-state index contributed by atoms with van der Waals surface area (Å²) in [6, 6.07) is 0. The molecule has 5 heteroatoms. The molecule has 3 rings (SSSR count). The quantitative estimate of drug-likeness (QED) is 0.867. The van der Waals surface area contributed by atoms with Crippen molar-refractivity contribution in [3.8, 4) is 0 Å². The summed E-state index contributed by atoms with van der Waals surface area (Å²) >= 11 is 1.69. The number of aromatic nitrogens is 2. The van der Waals surface area contributed by atoms with E-state index in [1.807, 2.05) is 13.8 Å². The second-order valence-electron chi connectivity index (χ2n) is 6.42. The van der Waals surface area contributed by atoms with Gasteiger partial charge in [0.05, 0.1) is 5.39 Å². The van der Waals surface area contributed by atoms with Crippen molar-refractivity contribution < 1.29 is 4.79 Å². The predicted octanol–water partition coefficient (Wildman–Crippen LogP) is 3.44. The number of carbonyl (C=O) groups is 1. The first kappa shape index (κ1) is 15.4. The van der Waals surface area contributed by atoms with Crippen molar-refractivity contribution in [1.29, 1.82) is 0 Å². The fourth-order valence-electron chi connectivity index (χ4n) is 3.18. The standard InChI is InChI=1S/C17H22N2O2S/c1-10(2)15-18-16-14(12-6-4-5-7-13(12)22-16)17(21)19(15)9-8-11(3)20/h10H,4-9H2,1-3H3. The number of ketones is 1. The Balaban J connectivity index is 2.22. The van der Waals surface area contributed by atoms with E-state index in [0.717, 1.165) is 35.3 Å². The molecule has 1 aliphatic rings. The second-order valence-corrected chi connectivity index (χ2v) is 7.51. The number of rotatable bonds is 4. The van der Waals surface area contributed by atoms with Crippen molar-refractivity contribution in [1.82, 2.24) is 9.55 Å². The molecule has 0 atom stereocenters. The number of Topliss-reactive ketones (excluding diaryl/α,β-unsaturated/α-hetero) is 1. The van der Waals surface area contributed by atoms with Gasteiger partial charge in [0.2, 0.25) is 0 Å². The molecule has 118 valence electrons. The maximum Gasteiger partial charge on any atom is 0.262 e. The average Bonchev–Trinajstić information content (AvgIpc) is 2.84. The molecule has 0 radical (unpaired) electrons. The van der Waals surface area contributed by atoms with E-state index in [9.17, 15) is 9.59 Å². The van der Waals surface area contributed by atoms with Crippen LogP contribution in [0.15, 0.2) is 4.79 Å². The van der Waals surface area contributed by atoms with Gasteiger partial charge < -0.3 is 0 Å². The zero-order valence-corrected chi connectivity index (χ0v) is 14.3. The number of carbonyl (C=O) groups excluding carboxylic acids is 1. The molecule has 0 unspecified atom stereocenters. The molecule has 2 heterocycles. The molecule has 2 aromatic heterocycles. The number of fused-ring (bicyclic) bond motifs is 3. The Morgan fingerprint density at radius 1 is 1.32 bits per heavy atom. The highest BCUT2D eigenvalue weighted by atomic mass is 32.1. The summed E-state index contributed by atoms with van der Waals surface area (Å²) < 4.78 is 1.73. The molecule has 2 aromatic rings. The van der Waals surface area contributed by atoms with E-state index < -0.39 is 0 Å². The molecule has 0 aromatic carbocycles. The van der Waals surface area contributed by atoms with Crippen LogP contribution in [0.25, 0.3) is 10.2 Å². The zero-order valence-electron chi connectivity index (χ0n) is 13.4. The molecule has 4 nitrogen and oxygen atoms in total. The van der Waals surface area contributed by atoms with Gasteiger partial charge in [0.15, 0.2) is 0 Å². The summed E-state index contributed by atoms with van der Waals surface area (Å²) in [4.78, 5) is 31.4. The third-order valence-corrected chi connectivity index (χ3v) is 5.49. The number of hydrogen-bond donors (Lipinski definition) is 0. The van der Waals surface area contributed by atoms with Gasteiger partial charge in [0.1, 0.15) is 16.4 Å². The number of nitrogens with zero attached hydrogens (tertiary/aromatic N) is 2. The normalized spacial score (nSPS) is 14.5. The molecule has 0 spiro atoms. The second kappa shape index (κ2) is 5.95. The molecule has 0 fully saturated rings. The summed E-state index contributed by atoms with van der Waals surface area (Å²) in [5, 5.41) is 0.813. The molecule has 0 amide bonds. The lowest BCUT2D eigenvalue weighted by Crippen LogP contribution is -2.27. The Bertz CT molecular complexity index is 786. The summed E-state index contributed by atoms with van der Waals surface area (Å²) in [5.74, 6) is 1.08. The summed E-state index contributed by atoms with van der Waals surface area (Å²) in [5.41, 5.74) is 1.27. The van der Waals surface area contributed by atoms with Gasteiger partial charge in [-0.3, -0.25) is 14.2 Å². The SMILES string of the molecule is CC(=O)CCn1c(C(C)C)nc2sc3c(c2c1=O)CCCC3. The molecule has 0 saturated carbocycles. The highest BCUT2D eigenvalue weighted by Gasteiger charge is 2.22. The van der Waals surface area contributed by atoms with Gasteiger partial charge in [-0.1, -0.05) is 13.8 Å². The van der Waals surface area contributed by atoms with Crippen LogP contribution in [-0.2, 0) is 24.2 Å². The average molecular weight is 318 g/mol. The van der Waals surface area contributed by atoms with Gasteiger partial charge in [-0.05, 0) is 38.2 Å². The number of thiophene rings is 1. The first-order valence-electron chi connectivity index (χ1n) is 8.03. The van der Waals surface area contributed by atoms with Crippen LogP contribution in [0.1, 0.15) is 62.2 Å². The molecule has 0 N–H and O–H groups in total. The first-order valence-corrected chi connectivity index (χ1v) is 8.85. The van der Waals surface area contributed by atoms with E-state index in [-0.39, 0.29) is 17.3 Å². The molecular weight excluding hydrogens is 296 g/mol. The first-order chi connectivity index (χ1) is 10.5. The Hall–Kier alpha value is -1.49. The van der Waals surface area contributed by atoms with Gasteiger partial charge in [-0.2, -0.15) is 0 Å². The minimum atomic E-state index is 0.0503. The number of hydrogen-bond acceptors (Lipinski definition) is 4. The smallest absolute Gasteiger partial charge is 0.262 e. The van der Waals surface area contributed by atoms with Gasteiger partial charge in [0.25, 0.3) is 5.56 Å². The zero-order chi connectivity index (χ0) is 15.9. The maximum absolute atomic E-state index is 13.0. The van der Waals surface area contributed by atoms with Crippen LogP contribution in [0.3, 0.4) is 0 Å². The van der Waals surface area contributed by atoms with E-state index in [1.54, 1.807) is 22.8 Å². The van der Waals surface area contributed by atoms with Gasteiger partial charge >= 0.3 is 0 Å². The highest BCUT2D eigenvalue weighted by Crippen LogP contribution is 2.34. The van der Waals surface area contributed by atoms with Crippen LogP contribution >= 0.6 is 11.3 Å². The molecular formula is C17H22N2O2S. The largest absolute Gasteiger partial charge is 0.300 e. The summed E-state index contributed by atoms with van der Waals surface area (Å²) in [6.07, 6.45) is 4.80. The Kier molecular flexibility index (Phi) is 4.17. The maximum atomic E-state index is 13.0. The van der Waals surface area contributed by atoms with Crippen LogP contribution in [0.5, 0.6) is 0 Å². The van der Waals surface area contributed by atoms with Crippen molar-refractivity contribution in [2.45, 2.75) is 65.3 Å².